The van der Waals surface area contributed by atoms with Gasteiger partial charge in [-0.2, -0.15) is 0 Å². The van der Waals surface area contributed by atoms with Crippen LogP contribution in [0.3, 0.4) is 0 Å². The van der Waals surface area contributed by atoms with E-state index in [1.165, 1.54) is 0 Å². The Morgan fingerprint density at radius 3 is 2.81 bits per heavy atom. The molecular weight excluding hydrogens is 420 g/mol. The third kappa shape index (κ3) is 2.89. The van der Waals surface area contributed by atoms with Crippen LogP contribution in [0, 0.1) is 10.5 Å². The Hall–Kier alpha value is -0.850. The number of hydrogen-bond donors (Lipinski definition) is 0. The number of fused-ring (bicyclic) bond motifs is 1. The summed E-state index contributed by atoms with van der Waals surface area (Å²) >= 11 is 14.3. The van der Waals surface area contributed by atoms with Crippen molar-refractivity contribution in [2.75, 3.05) is 5.88 Å². The van der Waals surface area contributed by atoms with Gasteiger partial charge in [-0.3, -0.25) is 4.57 Å². The molecule has 0 bridgehead atoms. The number of rotatable bonds is 3. The summed E-state index contributed by atoms with van der Waals surface area (Å²) in [6, 6.07) is 7.84. The van der Waals surface area contributed by atoms with Crippen LogP contribution in [0.5, 0.6) is 0 Å². The van der Waals surface area contributed by atoms with E-state index < -0.39 is 0 Å². The van der Waals surface area contributed by atoms with E-state index in [1.807, 2.05) is 37.4 Å². The third-order valence-corrected chi connectivity index (χ3v) is 4.46. The average Bonchev–Trinajstić information content (AvgIpc) is 2.76. The van der Waals surface area contributed by atoms with Crippen LogP contribution in [-0.2, 0) is 6.42 Å². The average molecular weight is 432 g/mol. The Bertz CT molecular complexity index is 814. The van der Waals surface area contributed by atoms with Crippen LogP contribution in [0.4, 0.5) is 0 Å². The first kappa shape index (κ1) is 15.1. The monoisotopic (exact) mass is 431 g/mol. The van der Waals surface area contributed by atoms with E-state index in [0.717, 1.165) is 36.8 Å². The summed E-state index contributed by atoms with van der Waals surface area (Å²) in [5, 5.41) is 0.718. The molecule has 0 unspecified atom stereocenters. The maximum absolute atomic E-state index is 6.05. The molecule has 1 aromatic carbocycles. The molecule has 21 heavy (non-hydrogen) atoms. The van der Waals surface area contributed by atoms with Gasteiger partial charge in [-0.1, -0.05) is 11.6 Å². The Morgan fingerprint density at radius 1 is 1.29 bits per heavy atom. The highest BCUT2D eigenvalue weighted by molar-refractivity contribution is 14.1. The number of alkyl halides is 1. The summed E-state index contributed by atoms with van der Waals surface area (Å²) in [6.45, 7) is 2.01. The minimum absolute atomic E-state index is 0.520. The van der Waals surface area contributed by atoms with Crippen molar-refractivity contribution in [1.29, 1.82) is 0 Å². The van der Waals surface area contributed by atoms with E-state index in [-0.39, 0.29) is 0 Å². The zero-order chi connectivity index (χ0) is 15.0. The maximum atomic E-state index is 6.05. The summed E-state index contributed by atoms with van der Waals surface area (Å²) in [6.07, 6.45) is 2.55. The molecule has 0 amide bonds. The fourth-order valence-electron chi connectivity index (χ4n) is 2.28. The van der Waals surface area contributed by atoms with E-state index in [9.17, 15) is 0 Å². The van der Waals surface area contributed by atoms with Gasteiger partial charge in [0.2, 0.25) is 0 Å². The molecule has 0 aliphatic rings. The minimum Gasteiger partial charge on any atom is -0.280 e. The highest BCUT2D eigenvalue weighted by atomic mass is 127. The predicted molar refractivity (Wildman–Crippen MR) is 95.8 cm³/mol. The molecule has 0 saturated carbocycles. The molecule has 0 fully saturated rings. The second-order valence-corrected chi connectivity index (χ2v) is 6.73. The summed E-state index contributed by atoms with van der Waals surface area (Å²) in [4.78, 5) is 9.23. The lowest BCUT2D eigenvalue weighted by atomic mass is 10.3. The molecule has 0 saturated heterocycles. The summed E-state index contributed by atoms with van der Waals surface area (Å²) in [5.41, 5.74) is 3.86. The molecule has 0 spiro atoms. The fraction of sp³-hybridized carbons (Fsp3) is 0.200. The van der Waals surface area contributed by atoms with Crippen LogP contribution in [-0.4, -0.2) is 20.4 Å². The van der Waals surface area contributed by atoms with E-state index in [4.69, 9.17) is 23.2 Å². The number of aromatic nitrogens is 3. The van der Waals surface area contributed by atoms with E-state index >= 15 is 0 Å². The van der Waals surface area contributed by atoms with Gasteiger partial charge in [0.05, 0.1) is 5.69 Å². The van der Waals surface area contributed by atoms with E-state index in [2.05, 4.69) is 37.1 Å². The highest BCUT2D eigenvalue weighted by Crippen LogP contribution is 2.27. The molecule has 0 atom stereocenters. The largest absolute Gasteiger partial charge is 0.280 e. The van der Waals surface area contributed by atoms with E-state index in [0.29, 0.717) is 12.3 Å². The van der Waals surface area contributed by atoms with Crippen molar-refractivity contribution in [2.45, 2.75) is 13.3 Å². The summed E-state index contributed by atoms with van der Waals surface area (Å²) in [5.74, 6) is 1.44. The molecule has 2 heterocycles. The third-order valence-electron chi connectivity index (χ3n) is 3.17. The van der Waals surface area contributed by atoms with Gasteiger partial charge in [-0.25, -0.2) is 9.97 Å². The number of pyridine rings is 1. The van der Waals surface area contributed by atoms with Gasteiger partial charge in [0.1, 0.15) is 11.3 Å². The smallest absolute Gasteiger partial charge is 0.164 e. The molecule has 0 radical (unpaired) electrons. The van der Waals surface area contributed by atoms with Crippen molar-refractivity contribution in [3.63, 3.8) is 0 Å². The Morgan fingerprint density at radius 2 is 2.10 bits per heavy atom. The standard InChI is InChI=1S/C15H12Cl2IN3/c1-9-6-12-15(19-8-9)21(14(20-12)4-5-16)13-3-2-10(17)7-11(13)18/h2-3,6-8H,4-5H2,1H3. The van der Waals surface area contributed by atoms with Crippen LogP contribution in [0.25, 0.3) is 16.9 Å². The first-order chi connectivity index (χ1) is 10.1. The molecule has 0 aliphatic carbocycles. The predicted octanol–water partition coefficient (Wildman–Crippen LogP) is 4.77. The molecule has 3 nitrogen and oxygen atoms in total. The first-order valence-corrected chi connectivity index (χ1v) is 8.44. The minimum atomic E-state index is 0.520. The summed E-state index contributed by atoms with van der Waals surface area (Å²) in [7, 11) is 0. The molecule has 3 rings (SSSR count). The van der Waals surface area contributed by atoms with Gasteiger partial charge in [-0.15, -0.1) is 11.6 Å². The van der Waals surface area contributed by atoms with Gasteiger partial charge < -0.3 is 0 Å². The normalized spacial score (nSPS) is 11.2. The van der Waals surface area contributed by atoms with Crippen molar-refractivity contribution in [3.05, 3.63) is 50.4 Å². The van der Waals surface area contributed by atoms with Gasteiger partial charge in [0, 0.05) is 27.1 Å². The molecule has 6 heteroatoms. The number of hydrogen-bond acceptors (Lipinski definition) is 2. The maximum Gasteiger partial charge on any atom is 0.164 e. The highest BCUT2D eigenvalue weighted by Gasteiger charge is 2.15. The Labute approximate surface area is 146 Å². The van der Waals surface area contributed by atoms with Crippen molar-refractivity contribution in [1.82, 2.24) is 14.5 Å². The van der Waals surface area contributed by atoms with Gasteiger partial charge in [0.25, 0.3) is 0 Å². The second-order valence-electron chi connectivity index (χ2n) is 4.75. The topological polar surface area (TPSA) is 30.7 Å². The molecule has 2 aromatic heterocycles. The van der Waals surface area contributed by atoms with Gasteiger partial charge in [0.15, 0.2) is 5.65 Å². The molecule has 108 valence electrons. The molecule has 3 aromatic rings. The fourth-order valence-corrected chi connectivity index (χ4v) is 3.56. The van der Waals surface area contributed by atoms with Crippen molar-refractivity contribution in [3.8, 4) is 5.69 Å². The number of benzene rings is 1. The lowest BCUT2D eigenvalue weighted by Gasteiger charge is -2.10. The lowest BCUT2D eigenvalue weighted by molar-refractivity contribution is 0.902. The number of nitrogens with zero attached hydrogens (tertiary/aromatic N) is 3. The molecule has 0 N–H and O–H groups in total. The van der Waals surface area contributed by atoms with Crippen LogP contribution in [0.15, 0.2) is 30.5 Å². The van der Waals surface area contributed by atoms with Crippen LogP contribution in [0.2, 0.25) is 5.02 Å². The lowest BCUT2D eigenvalue weighted by Crippen LogP contribution is -2.04. The zero-order valence-corrected chi connectivity index (χ0v) is 14.9. The first-order valence-electron chi connectivity index (χ1n) is 6.45. The van der Waals surface area contributed by atoms with Crippen molar-refractivity contribution < 1.29 is 0 Å². The Kier molecular flexibility index (Phi) is 4.38. The molecular formula is C15H12Cl2IN3. The van der Waals surface area contributed by atoms with Gasteiger partial charge >= 0.3 is 0 Å². The number of aryl methyl sites for hydroxylation is 2. The quantitative estimate of drug-likeness (QED) is 0.441. The molecule has 0 aliphatic heterocycles. The van der Waals surface area contributed by atoms with Crippen molar-refractivity contribution in [2.24, 2.45) is 0 Å². The van der Waals surface area contributed by atoms with Crippen LogP contribution < -0.4 is 0 Å². The summed E-state index contributed by atoms with van der Waals surface area (Å²) < 4.78 is 3.12. The zero-order valence-electron chi connectivity index (χ0n) is 11.3. The van der Waals surface area contributed by atoms with E-state index in [1.54, 1.807) is 0 Å². The Balaban J connectivity index is 2.30. The second kappa shape index (κ2) is 6.10. The van der Waals surface area contributed by atoms with Crippen LogP contribution >= 0.6 is 45.8 Å². The van der Waals surface area contributed by atoms with Crippen molar-refractivity contribution >= 4 is 57.0 Å². The van der Waals surface area contributed by atoms with Gasteiger partial charge in [-0.05, 0) is 59.3 Å². The van der Waals surface area contributed by atoms with Crippen LogP contribution in [0.1, 0.15) is 11.4 Å². The SMILES string of the molecule is Cc1cnc2c(c1)nc(CCCl)n2-c1ccc(Cl)cc1I. The number of imidazole rings is 1. The number of halogens is 3.